The molecule has 0 aliphatic heterocycles. The minimum atomic E-state index is -0.320. The van der Waals surface area contributed by atoms with Crippen LogP contribution in [0.5, 0.6) is 0 Å². The second-order valence-corrected chi connectivity index (χ2v) is 5.82. The Labute approximate surface area is 141 Å². The van der Waals surface area contributed by atoms with Crippen LogP contribution in [-0.2, 0) is 9.47 Å². The Morgan fingerprint density at radius 2 is 1.42 bits per heavy atom. The van der Waals surface area contributed by atoms with E-state index < -0.39 is 0 Å². The van der Waals surface area contributed by atoms with E-state index in [4.69, 9.17) is 9.47 Å². The van der Waals surface area contributed by atoms with Crippen molar-refractivity contribution < 1.29 is 19.1 Å². The molecule has 1 fully saturated rings. The molecule has 2 aromatic carbocycles. The summed E-state index contributed by atoms with van der Waals surface area (Å²) in [7, 11) is 0. The third-order valence-electron chi connectivity index (χ3n) is 4.04. The molecule has 0 aromatic heterocycles. The van der Waals surface area contributed by atoms with Crippen LogP contribution in [0.4, 0.5) is 0 Å². The standard InChI is InChI=1S/C20H19O4/c21-19(15-7-3-1-4-8-15)23-12-11-17-13-18(17)14-24-20(22)16-9-5-2-6-10-16/h1-11,17-18H,12-14H2/t17-,18+/m1/s1. The van der Waals surface area contributed by atoms with Gasteiger partial charge in [-0.1, -0.05) is 36.4 Å². The van der Waals surface area contributed by atoms with Crippen molar-refractivity contribution in [1.29, 1.82) is 0 Å². The Morgan fingerprint density at radius 1 is 0.875 bits per heavy atom. The lowest BCUT2D eigenvalue weighted by molar-refractivity contribution is 0.0480. The highest BCUT2D eigenvalue weighted by atomic mass is 16.5. The highest BCUT2D eigenvalue weighted by Gasteiger charge is 2.38. The Hall–Kier alpha value is -2.62. The van der Waals surface area contributed by atoms with Gasteiger partial charge in [0, 0.05) is 6.42 Å². The minimum Gasteiger partial charge on any atom is -0.462 e. The molecule has 1 radical (unpaired) electrons. The molecular formula is C20H19O4. The Balaban J connectivity index is 1.32. The molecule has 4 heteroatoms. The van der Waals surface area contributed by atoms with Gasteiger partial charge in [0.05, 0.1) is 24.3 Å². The summed E-state index contributed by atoms with van der Waals surface area (Å²) >= 11 is 0. The lowest BCUT2D eigenvalue weighted by atomic mass is 10.2. The predicted molar refractivity (Wildman–Crippen MR) is 89.3 cm³/mol. The van der Waals surface area contributed by atoms with Crippen molar-refractivity contribution in [2.75, 3.05) is 13.2 Å². The van der Waals surface area contributed by atoms with Crippen LogP contribution in [0, 0.1) is 18.3 Å². The second-order valence-electron chi connectivity index (χ2n) is 5.82. The quantitative estimate of drug-likeness (QED) is 0.731. The Bertz CT molecular complexity index is 681. The smallest absolute Gasteiger partial charge is 0.338 e. The molecule has 0 unspecified atom stereocenters. The highest BCUT2D eigenvalue weighted by molar-refractivity contribution is 5.89. The van der Waals surface area contributed by atoms with Crippen molar-refractivity contribution >= 4 is 11.9 Å². The predicted octanol–water partition coefficient (Wildman–Crippen LogP) is 3.54. The van der Waals surface area contributed by atoms with Crippen LogP contribution in [-0.4, -0.2) is 25.2 Å². The van der Waals surface area contributed by atoms with E-state index in [9.17, 15) is 9.59 Å². The van der Waals surface area contributed by atoms with Gasteiger partial charge in [-0.2, -0.15) is 0 Å². The summed E-state index contributed by atoms with van der Waals surface area (Å²) in [5, 5.41) is 0. The van der Waals surface area contributed by atoms with Gasteiger partial charge in [0.25, 0.3) is 0 Å². The number of benzene rings is 2. The van der Waals surface area contributed by atoms with E-state index in [0.717, 1.165) is 6.42 Å². The van der Waals surface area contributed by atoms with Crippen LogP contribution in [0.1, 0.15) is 27.1 Å². The van der Waals surface area contributed by atoms with E-state index >= 15 is 0 Å². The van der Waals surface area contributed by atoms with Crippen LogP contribution in [0.25, 0.3) is 0 Å². The van der Waals surface area contributed by atoms with Crippen molar-refractivity contribution in [3.05, 3.63) is 78.2 Å². The first-order chi connectivity index (χ1) is 11.7. The van der Waals surface area contributed by atoms with Crippen LogP contribution in [0.15, 0.2) is 60.7 Å². The number of hydrogen-bond donors (Lipinski definition) is 0. The van der Waals surface area contributed by atoms with E-state index in [1.54, 1.807) is 36.4 Å². The molecule has 2 atom stereocenters. The molecule has 1 saturated carbocycles. The maximum atomic E-state index is 11.8. The molecule has 123 valence electrons. The summed E-state index contributed by atoms with van der Waals surface area (Å²) < 4.78 is 10.5. The van der Waals surface area contributed by atoms with Crippen LogP contribution in [0.2, 0.25) is 0 Å². The lowest BCUT2D eigenvalue weighted by Crippen LogP contribution is -2.10. The van der Waals surface area contributed by atoms with Crippen molar-refractivity contribution in [3.8, 4) is 0 Å². The maximum Gasteiger partial charge on any atom is 0.338 e. The molecule has 3 rings (SSSR count). The first-order valence-electron chi connectivity index (χ1n) is 8.01. The van der Waals surface area contributed by atoms with E-state index in [2.05, 4.69) is 0 Å². The van der Waals surface area contributed by atoms with Gasteiger partial charge in [-0.3, -0.25) is 0 Å². The molecule has 24 heavy (non-hydrogen) atoms. The van der Waals surface area contributed by atoms with Gasteiger partial charge in [0.1, 0.15) is 0 Å². The molecule has 1 aliphatic rings. The zero-order chi connectivity index (χ0) is 16.8. The van der Waals surface area contributed by atoms with E-state index in [0.29, 0.717) is 29.6 Å². The number of carbonyl (C=O) groups excluding carboxylic acids is 2. The van der Waals surface area contributed by atoms with Crippen LogP contribution >= 0.6 is 0 Å². The van der Waals surface area contributed by atoms with Gasteiger partial charge in [-0.25, -0.2) is 9.59 Å². The number of hydrogen-bond acceptors (Lipinski definition) is 4. The summed E-state index contributed by atoms with van der Waals surface area (Å²) in [6.45, 7) is 0.684. The van der Waals surface area contributed by atoms with Gasteiger partial charge < -0.3 is 9.47 Å². The fourth-order valence-electron chi connectivity index (χ4n) is 2.50. The third kappa shape index (κ3) is 4.44. The first kappa shape index (κ1) is 16.2. The van der Waals surface area contributed by atoms with E-state index in [1.165, 1.54) is 0 Å². The average Bonchev–Trinajstić information content (AvgIpc) is 3.39. The fourth-order valence-corrected chi connectivity index (χ4v) is 2.50. The van der Waals surface area contributed by atoms with E-state index in [-0.39, 0.29) is 18.5 Å². The summed E-state index contributed by atoms with van der Waals surface area (Å²) in [5.74, 6) is 0.0570. The Kier molecular flexibility index (Phi) is 5.26. The molecule has 2 aromatic rings. The molecular weight excluding hydrogens is 304 g/mol. The summed E-state index contributed by atoms with van der Waals surface area (Å²) in [6.07, 6.45) is 2.94. The number of carbonyl (C=O) groups is 2. The number of esters is 2. The normalized spacial score (nSPS) is 18.7. The molecule has 0 spiro atoms. The minimum absolute atomic E-state index is 0.279. The van der Waals surface area contributed by atoms with Crippen molar-refractivity contribution in [2.24, 2.45) is 11.8 Å². The summed E-state index contributed by atoms with van der Waals surface area (Å²) in [4.78, 5) is 23.6. The van der Waals surface area contributed by atoms with Crippen molar-refractivity contribution in [3.63, 3.8) is 0 Å². The van der Waals surface area contributed by atoms with Crippen LogP contribution in [0.3, 0.4) is 0 Å². The second kappa shape index (κ2) is 7.77. The summed E-state index contributed by atoms with van der Waals surface area (Å²) in [6, 6.07) is 17.9. The highest BCUT2D eigenvalue weighted by Crippen LogP contribution is 2.40. The Morgan fingerprint density at radius 3 is 2.00 bits per heavy atom. The van der Waals surface area contributed by atoms with Crippen molar-refractivity contribution in [1.82, 2.24) is 0 Å². The van der Waals surface area contributed by atoms with Gasteiger partial charge >= 0.3 is 11.9 Å². The van der Waals surface area contributed by atoms with Gasteiger partial charge in [0.2, 0.25) is 0 Å². The van der Waals surface area contributed by atoms with E-state index in [1.807, 2.05) is 30.7 Å². The molecule has 0 saturated heterocycles. The first-order valence-corrected chi connectivity index (χ1v) is 8.01. The lowest BCUT2D eigenvalue weighted by Gasteiger charge is -2.05. The molecule has 4 nitrogen and oxygen atoms in total. The SMILES string of the molecule is O=C(OC[CH][C@@H]1C[C@H]1COC(=O)c1ccccc1)c1ccccc1. The molecule has 0 amide bonds. The maximum absolute atomic E-state index is 11.8. The number of ether oxygens (including phenoxy) is 2. The van der Waals surface area contributed by atoms with Gasteiger partial charge in [0.15, 0.2) is 0 Å². The topological polar surface area (TPSA) is 52.6 Å². The average molecular weight is 323 g/mol. The summed E-state index contributed by atoms with van der Waals surface area (Å²) in [5.41, 5.74) is 1.12. The largest absolute Gasteiger partial charge is 0.462 e. The number of rotatable bonds is 7. The zero-order valence-electron chi connectivity index (χ0n) is 13.3. The van der Waals surface area contributed by atoms with Gasteiger partial charge in [-0.05, 0) is 42.5 Å². The molecule has 0 bridgehead atoms. The zero-order valence-corrected chi connectivity index (χ0v) is 13.3. The monoisotopic (exact) mass is 323 g/mol. The molecule has 0 heterocycles. The molecule has 0 N–H and O–H groups in total. The molecule has 1 aliphatic carbocycles. The fraction of sp³-hybridized carbons (Fsp3) is 0.250. The third-order valence-corrected chi connectivity index (χ3v) is 4.04. The van der Waals surface area contributed by atoms with Gasteiger partial charge in [-0.15, -0.1) is 0 Å². The van der Waals surface area contributed by atoms with Crippen LogP contribution < -0.4 is 0 Å². The van der Waals surface area contributed by atoms with Crippen molar-refractivity contribution in [2.45, 2.75) is 6.42 Å².